The molecule has 0 bridgehead atoms. The smallest absolute Gasteiger partial charge is 0.262 e. The molecule has 44 heavy (non-hydrogen) atoms. The molecule has 236 valence electrons. The summed E-state index contributed by atoms with van der Waals surface area (Å²) in [6.45, 7) is 5.35. The van der Waals surface area contributed by atoms with Crippen LogP contribution in [0, 0.1) is 5.92 Å². The third-order valence-electron chi connectivity index (χ3n) is 8.08. The third-order valence-corrected chi connectivity index (χ3v) is 11.8. The van der Waals surface area contributed by atoms with Crippen molar-refractivity contribution in [2.45, 2.75) is 56.5 Å². The SMILES string of the molecule is CC(C)C[C@H](NC(=O)c1cc2ccccc2s1)C(=O)N1CCN(C(=O)[C@@H]2CCCCN2S(=O)(=O)c2ccc(Cl)cc2Cl)CC1. The molecule has 3 aromatic rings. The van der Waals surface area contributed by atoms with Crippen molar-refractivity contribution < 1.29 is 22.8 Å². The number of hydrogen-bond donors (Lipinski definition) is 1. The lowest BCUT2D eigenvalue weighted by atomic mass is 10.0. The van der Waals surface area contributed by atoms with E-state index in [1.165, 1.54) is 33.8 Å². The highest BCUT2D eigenvalue weighted by Gasteiger charge is 2.41. The van der Waals surface area contributed by atoms with Gasteiger partial charge in [0.15, 0.2) is 0 Å². The maximum absolute atomic E-state index is 13.7. The number of carbonyl (C=O) groups is 3. The summed E-state index contributed by atoms with van der Waals surface area (Å²) in [6, 6.07) is 12.3. The van der Waals surface area contributed by atoms with Crippen molar-refractivity contribution in [1.29, 1.82) is 0 Å². The lowest BCUT2D eigenvalue weighted by Gasteiger charge is -2.41. The molecule has 0 unspecified atom stereocenters. The molecule has 1 N–H and O–H groups in total. The molecular formula is C31H36Cl2N4O5S2. The van der Waals surface area contributed by atoms with Gasteiger partial charge in [-0.2, -0.15) is 4.31 Å². The van der Waals surface area contributed by atoms with Gasteiger partial charge in [-0.1, -0.05) is 61.7 Å². The quantitative estimate of drug-likeness (QED) is 0.350. The van der Waals surface area contributed by atoms with Gasteiger partial charge in [-0.15, -0.1) is 11.3 Å². The Balaban J connectivity index is 1.24. The maximum Gasteiger partial charge on any atom is 0.262 e. The molecule has 2 saturated heterocycles. The molecular weight excluding hydrogens is 643 g/mol. The van der Waals surface area contributed by atoms with Crippen LogP contribution in [0.1, 0.15) is 49.2 Å². The second kappa shape index (κ2) is 13.7. The minimum Gasteiger partial charge on any atom is -0.340 e. The number of amides is 3. The molecule has 2 atom stereocenters. The highest BCUT2D eigenvalue weighted by Crippen LogP contribution is 2.32. The predicted molar refractivity (Wildman–Crippen MR) is 174 cm³/mol. The number of nitrogens with zero attached hydrogens (tertiary/aromatic N) is 3. The summed E-state index contributed by atoms with van der Waals surface area (Å²) < 4.78 is 29.5. The summed E-state index contributed by atoms with van der Waals surface area (Å²) in [5, 5.41) is 4.28. The minimum absolute atomic E-state index is 0.0109. The molecule has 2 aliphatic rings. The molecule has 2 fully saturated rings. The molecule has 0 aliphatic carbocycles. The summed E-state index contributed by atoms with van der Waals surface area (Å²) in [5.41, 5.74) is 0. The Bertz CT molecular complexity index is 1620. The number of piperidine rings is 1. The highest BCUT2D eigenvalue weighted by molar-refractivity contribution is 7.89. The Morgan fingerprint density at radius 3 is 2.34 bits per heavy atom. The highest BCUT2D eigenvalue weighted by atomic mass is 35.5. The lowest BCUT2D eigenvalue weighted by molar-refractivity contribution is -0.143. The van der Waals surface area contributed by atoms with Gasteiger partial charge < -0.3 is 15.1 Å². The fraction of sp³-hybridized carbons (Fsp3) is 0.452. The molecule has 2 aliphatic heterocycles. The number of piperazine rings is 1. The van der Waals surface area contributed by atoms with E-state index in [0.29, 0.717) is 42.3 Å². The van der Waals surface area contributed by atoms with Crippen LogP contribution in [-0.2, 0) is 19.6 Å². The zero-order valence-electron chi connectivity index (χ0n) is 24.7. The molecule has 9 nitrogen and oxygen atoms in total. The zero-order chi connectivity index (χ0) is 31.6. The molecule has 1 aromatic heterocycles. The van der Waals surface area contributed by atoms with Crippen LogP contribution in [0.25, 0.3) is 10.1 Å². The maximum atomic E-state index is 13.7. The first-order valence-electron chi connectivity index (χ1n) is 14.8. The second-order valence-electron chi connectivity index (χ2n) is 11.7. The summed E-state index contributed by atoms with van der Waals surface area (Å²) in [4.78, 5) is 44.3. The summed E-state index contributed by atoms with van der Waals surface area (Å²) in [5.74, 6) is -0.567. The number of halogens is 2. The van der Waals surface area contributed by atoms with Gasteiger partial charge in [0.25, 0.3) is 5.91 Å². The van der Waals surface area contributed by atoms with Crippen molar-refractivity contribution in [3.05, 3.63) is 63.5 Å². The van der Waals surface area contributed by atoms with Crippen LogP contribution in [0.3, 0.4) is 0 Å². The molecule has 3 heterocycles. The topological polar surface area (TPSA) is 107 Å². The normalized spacial score (nSPS) is 18.9. The number of fused-ring (bicyclic) bond motifs is 1. The molecule has 0 saturated carbocycles. The Kier molecular flexibility index (Phi) is 10.2. The Hall–Kier alpha value is -2.70. The number of sulfonamides is 1. The van der Waals surface area contributed by atoms with E-state index >= 15 is 0 Å². The first-order valence-corrected chi connectivity index (χ1v) is 17.8. The summed E-state index contributed by atoms with van der Waals surface area (Å²) in [6.07, 6.45) is 2.26. The van der Waals surface area contributed by atoms with E-state index in [-0.39, 0.29) is 53.2 Å². The van der Waals surface area contributed by atoms with Gasteiger partial charge in [-0.05, 0) is 60.9 Å². The fourth-order valence-electron chi connectivity index (χ4n) is 5.84. The van der Waals surface area contributed by atoms with Gasteiger partial charge in [0.1, 0.15) is 17.0 Å². The Morgan fingerprint density at radius 1 is 0.955 bits per heavy atom. The van der Waals surface area contributed by atoms with Crippen LogP contribution in [0.15, 0.2) is 53.4 Å². The largest absolute Gasteiger partial charge is 0.340 e. The van der Waals surface area contributed by atoms with E-state index in [0.717, 1.165) is 16.5 Å². The lowest BCUT2D eigenvalue weighted by Crippen LogP contribution is -2.59. The predicted octanol–water partition coefficient (Wildman–Crippen LogP) is 5.27. The average molecular weight is 680 g/mol. The Labute approximate surface area is 272 Å². The summed E-state index contributed by atoms with van der Waals surface area (Å²) >= 11 is 13.6. The van der Waals surface area contributed by atoms with Crippen LogP contribution in [-0.4, -0.2) is 85.1 Å². The van der Waals surface area contributed by atoms with Crippen LogP contribution in [0.4, 0.5) is 0 Å². The molecule has 13 heteroatoms. The third kappa shape index (κ3) is 7.07. The van der Waals surface area contributed by atoms with Crippen LogP contribution < -0.4 is 5.32 Å². The monoisotopic (exact) mass is 678 g/mol. The van der Waals surface area contributed by atoms with E-state index in [1.54, 1.807) is 9.80 Å². The number of rotatable bonds is 8. The van der Waals surface area contributed by atoms with E-state index in [2.05, 4.69) is 5.32 Å². The van der Waals surface area contributed by atoms with Gasteiger partial charge in [0.05, 0.1) is 9.90 Å². The van der Waals surface area contributed by atoms with Gasteiger partial charge in [-0.3, -0.25) is 14.4 Å². The second-order valence-corrected chi connectivity index (χ2v) is 15.4. The molecule has 0 radical (unpaired) electrons. The van der Waals surface area contributed by atoms with E-state index in [9.17, 15) is 22.8 Å². The minimum atomic E-state index is -4.04. The zero-order valence-corrected chi connectivity index (χ0v) is 27.8. The standard InChI is InChI=1S/C31H36Cl2N4O5S2/c1-20(2)17-24(34-29(38)27-18-21-7-3-4-9-26(21)43-27)30(39)35-13-15-36(16-14-35)31(40)25-8-5-6-12-37(25)44(41,42)28-11-10-22(32)19-23(28)33/h3-4,7,9-11,18-20,24-25H,5-6,8,12-17H2,1-2H3,(H,34,38)/t24-,25-/m0/s1. The first kappa shape index (κ1) is 32.7. The van der Waals surface area contributed by atoms with E-state index in [4.69, 9.17) is 23.2 Å². The molecule has 5 rings (SSSR count). The van der Waals surface area contributed by atoms with Crippen LogP contribution in [0.2, 0.25) is 10.0 Å². The van der Waals surface area contributed by atoms with Crippen molar-refractivity contribution in [1.82, 2.24) is 19.4 Å². The average Bonchev–Trinajstić information content (AvgIpc) is 3.44. The number of carbonyl (C=O) groups excluding carboxylic acids is 3. The van der Waals surface area contributed by atoms with Crippen molar-refractivity contribution in [2.75, 3.05) is 32.7 Å². The molecule has 3 amide bonds. The van der Waals surface area contributed by atoms with Crippen molar-refractivity contribution in [2.24, 2.45) is 5.92 Å². The molecule has 0 spiro atoms. The van der Waals surface area contributed by atoms with Gasteiger partial charge in [0, 0.05) is 42.4 Å². The fourth-order valence-corrected chi connectivity index (χ4v) is 9.21. The number of thiophene rings is 1. The molecule has 2 aromatic carbocycles. The van der Waals surface area contributed by atoms with Crippen LogP contribution in [0.5, 0.6) is 0 Å². The van der Waals surface area contributed by atoms with Gasteiger partial charge in [0.2, 0.25) is 21.8 Å². The van der Waals surface area contributed by atoms with Crippen molar-refractivity contribution in [3.63, 3.8) is 0 Å². The van der Waals surface area contributed by atoms with E-state index < -0.39 is 22.1 Å². The van der Waals surface area contributed by atoms with Crippen molar-refractivity contribution >= 4 is 72.4 Å². The van der Waals surface area contributed by atoms with Crippen LogP contribution >= 0.6 is 34.5 Å². The Morgan fingerprint density at radius 2 is 1.66 bits per heavy atom. The van der Waals surface area contributed by atoms with Crippen molar-refractivity contribution in [3.8, 4) is 0 Å². The number of benzene rings is 2. The number of nitrogens with one attached hydrogen (secondary N) is 1. The number of hydrogen-bond acceptors (Lipinski definition) is 6. The van der Waals surface area contributed by atoms with Gasteiger partial charge >= 0.3 is 0 Å². The van der Waals surface area contributed by atoms with E-state index in [1.807, 2.05) is 44.2 Å². The van der Waals surface area contributed by atoms with Gasteiger partial charge in [-0.25, -0.2) is 8.42 Å². The summed E-state index contributed by atoms with van der Waals surface area (Å²) in [7, 11) is -4.04. The first-order chi connectivity index (χ1) is 21.0.